The Bertz CT molecular complexity index is 1020. The van der Waals surface area contributed by atoms with Crippen molar-refractivity contribution in [1.29, 1.82) is 0 Å². The third-order valence-corrected chi connectivity index (χ3v) is 8.46. The quantitative estimate of drug-likeness (QED) is 0.241. The van der Waals surface area contributed by atoms with E-state index in [4.69, 9.17) is 9.47 Å². The molecule has 3 aliphatic rings. The Hall–Kier alpha value is -2.72. The van der Waals surface area contributed by atoms with Crippen LogP contribution >= 0.6 is 0 Å². The van der Waals surface area contributed by atoms with Crippen LogP contribution in [0.4, 0.5) is 0 Å². The fourth-order valence-corrected chi connectivity index (χ4v) is 6.72. The molecule has 0 aromatic heterocycles. The van der Waals surface area contributed by atoms with Crippen molar-refractivity contribution in [2.24, 2.45) is 17.8 Å². The number of fused-ring (bicyclic) bond motifs is 1. The first kappa shape index (κ1) is 32.8. The first-order chi connectivity index (χ1) is 19.2. The molecule has 0 aromatic rings. The number of allylic oxidation sites excluding steroid dienone is 1. The minimum Gasteiger partial charge on any atom is -0.460 e. The van der Waals surface area contributed by atoms with Gasteiger partial charge in [-0.2, -0.15) is 0 Å². The predicted octanol–water partition coefficient (Wildman–Crippen LogP) is 2.60. The Kier molecular flexibility index (Phi) is 10.5. The molecule has 0 radical (unpaired) electrons. The zero-order valence-electron chi connectivity index (χ0n) is 25.6. The molecule has 10 heteroatoms. The average Bonchev–Trinajstić information content (AvgIpc) is 3.54. The van der Waals surface area contributed by atoms with Crippen LogP contribution in [0.5, 0.6) is 0 Å². The summed E-state index contributed by atoms with van der Waals surface area (Å²) < 4.78 is 12.3. The number of carbonyl (C=O) groups excluding carboxylic acids is 4. The summed E-state index contributed by atoms with van der Waals surface area (Å²) in [4.78, 5) is 57.5. The van der Waals surface area contributed by atoms with Gasteiger partial charge in [-0.3, -0.25) is 19.2 Å². The number of carbonyl (C=O) groups is 4. The van der Waals surface area contributed by atoms with E-state index in [1.54, 1.807) is 24.0 Å². The van der Waals surface area contributed by atoms with E-state index in [0.717, 1.165) is 0 Å². The van der Waals surface area contributed by atoms with Crippen LogP contribution in [-0.4, -0.2) is 93.7 Å². The summed E-state index contributed by atoms with van der Waals surface area (Å²) in [6, 6.07) is -1.59. The number of amides is 3. The molecule has 0 aromatic carbocycles. The summed E-state index contributed by atoms with van der Waals surface area (Å²) in [5.41, 5.74) is -1.76. The summed E-state index contributed by atoms with van der Waals surface area (Å²) in [5.74, 6) is -2.99. The van der Waals surface area contributed by atoms with Crippen LogP contribution < -0.4 is 5.32 Å². The van der Waals surface area contributed by atoms with Crippen molar-refractivity contribution in [1.82, 2.24) is 15.1 Å². The summed E-state index contributed by atoms with van der Waals surface area (Å²) >= 11 is 0. The molecule has 1 spiro atoms. The number of ether oxygens (including phenoxy) is 2. The second-order valence-corrected chi connectivity index (χ2v) is 13.1. The number of rotatable bonds is 14. The lowest BCUT2D eigenvalue weighted by Crippen LogP contribution is -2.61. The van der Waals surface area contributed by atoms with Gasteiger partial charge in [0.05, 0.1) is 37.1 Å². The number of aliphatic hydroxyl groups excluding tert-OH is 1. The van der Waals surface area contributed by atoms with Crippen molar-refractivity contribution < 1.29 is 33.8 Å². The van der Waals surface area contributed by atoms with Crippen LogP contribution in [0, 0.1) is 17.8 Å². The first-order valence-electron chi connectivity index (χ1n) is 14.8. The van der Waals surface area contributed by atoms with Crippen molar-refractivity contribution in [3.05, 3.63) is 25.3 Å². The molecule has 3 heterocycles. The maximum Gasteiger partial charge on any atom is 0.312 e. The van der Waals surface area contributed by atoms with Crippen LogP contribution in [0.15, 0.2) is 25.3 Å². The molecule has 3 fully saturated rings. The third kappa shape index (κ3) is 6.53. The van der Waals surface area contributed by atoms with Crippen LogP contribution in [0.1, 0.15) is 73.6 Å². The van der Waals surface area contributed by atoms with Gasteiger partial charge in [0.2, 0.25) is 17.7 Å². The van der Waals surface area contributed by atoms with Gasteiger partial charge < -0.3 is 29.7 Å². The van der Waals surface area contributed by atoms with E-state index < -0.39 is 53.2 Å². The highest BCUT2D eigenvalue weighted by molar-refractivity contribution is 5.98. The molecular formula is C31H49N3O7. The summed E-state index contributed by atoms with van der Waals surface area (Å²) in [6.45, 7) is 19.0. The molecule has 0 saturated carbocycles. The van der Waals surface area contributed by atoms with Crippen molar-refractivity contribution in [2.45, 2.75) is 109 Å². The lowest BCUT2D eigenvalue weighted by atomic mass is 9.70. The van der Waals surface area contributed by atoms with Crippen LogP contribution in [-0.2, 0) is 28.7 Å². The fraction of sp³-hybridized carbons (Fsp3) is 0.742. The van der Waals surface area contributed by atoms with Gasteiger partial charge >= 0.3 is 5.97 Å². The number of nitrogens with zero attached hydrogens (tertiary/aromatic N) is 2. The van der Waals surface area contributed by atoms with E-state index in [-0.39, 0.29) is 43.3 Å². The molecule has 230 valence electrons. The largest absolute Gasteiger partial charge is 0.460 e. The predicted molar refractivity (Wildman–Crippen MR) is 154 cm³/mol. The number of esters is 1. The van der Waals surface area contributed by atoms with Gasteiger partial charge in [-0.1, -0.05) is 26.0 Å². The Morgan fingerprint density at radius 3 is 2.49 bits per heavy atom. The standard InChI is InChI=1S/C31H49N3O7/c1-9-11-12-23(36)32-17-20(5)40-29(39)24-22-13-14-31(41-22)25(24)27(37)34(21(18-35)16-19(3)4)26(31)28(38)33(15-10-2)30(6,7)8/h9-10,19-22,24-26,35H,1-2,11-18H2,3-8H3,(H,32,36)/t20-,21-,22+,24-,25-,26+,31-/m1/s1. The highest BCUT2D eigenvalue weighted by Crippen LogP contribution is 2.59. The molecule has 10 nitrogen and oxygen atoms in total. The number of aliphatic hydroxyl groups is 1. The molecule has 2 N–H and O–H groups in total. The van der Waals surface area contributed by atoms with Gasteiger partial charge in [-0.25, -0.2) is 0 Å². The van der Waals surface area contributed by atoms with E-state index in [0.29, 0.717) is 32.1 Å². The van der Waals surface area contributed by atoms with Gasteiger partial charge in [0.25, 0.3) is 0 Å². The second kappa shape index (κ2) is 13.1. The molecular weight excluding hydrogens is 526 g/mol. The molecule has 3 aliphatic heterocycles. The van der Waals surface area contributed by atoms with E-state index >= 15 is 0 Å². The molecule has 3 saturated heterocycles. The first-order valence-corrected chi connectivity index (χ1v) is 14.8. The van der Waals surface area contributed by atoms with Gasteiger partial charge in [0.1, 0.15) is 17.7 Å². The Balaban J connectivity index is 1.94. The third-order valence-electron chi connectivity index (χ3n) is 8.46. The normalized spacial score (nSPS) is 28.3. The maximum atomic E-state index is 14.4. The van der Waals surface area contributed by atoms with Crippen molar-refractivity contribution in [2.75, 3.05) is 19.7 Å². The maximum absolute atomic E-state index is 14.4. The summed E-state index contributed by atoms with van der Waals surface area (Å²) in [5, 5.41) is 13.2. The average molecular weight is 576 g/mol. The lowest BCUT2D eigenvalue weighted by Gasteiger charge is -2.43. The minimum atomic E-state index is -1.19. The Morgan fingerprint density at radius 2 is 1.93 bits per heavy atom. The van der Waals surface area contributed by atoms with Crippen molar-refractivity contribution in [3.8, 4) is 0 Å². The van der Waals surface area contributed by atoms with E-state index in [1.165, 1.54) is 4.90 Å². The summed E-state index contributed by atoms with van der Waals surface area (Å²) in [7, 11) is 0. The molecule has 3 amide bonds. The molecule has 7 atom stereocenters. The highest BCUT2D eigenvalue weighted by atomic mass is 16.6. The molecule has 3 rings (SSSR count). The molecule has 0 unspecified atom stereocenters. The second-order valence-electron chi connectivity index (χ2n) is 13.1. The van der Waals surface area contributed by atoms with Gasteiger partial charge in [-0.15, -0.1) is 13.2 Å². The monoisotopic (exact) mass is 575 g/mol. The van der Waals surface area contributed by atoms with E-state index in [1.807, 2.05) is 34.6 Å². The Labute approximate surface area is 244 Å². The molecule has 0 aliphatic carbocycles. The fourth-order valence-electron chi connectivity index (χ4n) is 6.72. The number of hydrogen-bond acceptors (Lipinski definition) is 7. The van der Waals surface area contributed by atoms with Crippen molar-refractivity contribution >= 4 is 23.7 Å². The Morgan fingerprint density at radius 1 is 1.24 bits per heavy atom. The highest BCUT2D eigenvalue weighted by Gasteiger charge is 2.75. The zero-order chi connectivity index (χ0) is 30.7. The van der Waals surface area contributed by atoms with Gasteiger partial charge in [0.15, 0.2) is 0 Å². The summed E-state index contributed by atoms with van der Waals surface area (Å²) in [6.07, 6.45) is 4.45. The van der Waals surface area contributed by atoms with Crippen LogP contribution in [0.2, 0.25) is 0 Å². The smallest absolute Gasteiger partial charge is 0.312 e. The topological polar surface area (TPSA) is 125 Å². The van der Waals surface area contributed by atoms with Crippen molar-refractivity contribution in [3.63, 3.8) is 0 Å². The molecule has 2 bridgehead atoms. The van der Waals surface area contributed by atoms with Gasteiger partial charge in [-0.05, 0) is 59.3 Å². The van der Waals surface area contributed by atoms with Crippen LogP contribution in [0.25, 0.3) is 0 Å². The van der Waals surface area contributed by atoms with E-state index in [9.17, 15) is 24.3 Å². The SMILES string of the molecule is C=CCCC(=O)NC[C@@H](C)OC(=O)[C@@H]1[C@@H]2CC[C@]3(O2)[C@H](C(=O)N(CC=C)C(C)(C)C)N([C@@H](CO)CC(C)C)C(=O)[C@@H]13. The van der Waals surface area contributed by atoms with E-state index in [2.05, 4.69) is 18.5 Å². The minimum absolute atomic E-state index is 0.139. The number of hydrogen-bond donors (Lipinski definition) is 2. The number of nitrogens with one attached hydrogen (secondary N) is 1. The molecule has 41 heavy (non-hydrogen) atoms. The van der Waals surface area contributed by atoms with Gasteiger partial charge in [0, 0.05) is 18.5 Å². The zero-order valence-corrected chi connectivity index (χ0v) is 25.6. The lowest BCUT2D eigenvalue weighted by molar-refractivity contribution is -0.160. The number of likely N-dealkylation sites (tertiary alicyclic amines) is 1. The van der Waals surface area contributed by atoms with Crippen LogP contribution in [0.3, 0.4) is 0 Å².